The quantitative estimate of drug-likeness (QED) is 0.744. The molecule has 1 fully saturated rings. The van der Waals surface area contributed by atoms with Gasteiger partial charge >= 0.3 is 0 Å². The second kappa shape index (κ2) is 6.47. The Morgan fingerprint density at radius 1 is 1.21 bits per heavy atom. The number of benzene rings is 1. The number of rotatable bonds is 5. The molecule has 0 aliphatic heterocycles. The summed E-state index contributed by atoms with van der Waals surface area (Å²) in [5.74, 6) is 0. The van der Waals surface area contributed by atoms with Crippen molar-refractivity contribution in [2.24, 2.45) is 5.41 Å². The maximum Gasteiger partial charge on any atom is 0.0595 e. The van der Waals surface area contributed by atoms with Gasteiger partial charge in [0.15, 0.2) is 0 Å². The Kier molecular flexibility index (Phi) is 5.16. The molecule has 1 unspecified atom stereocenters. The Bertz CT molecular complexity index is 425. The van der Waals surface area contributed by atoms with Crippen LogP contribution in [0.3, 0.4) is 0 Å². The molecule has 1 aliphatic rings. The minimum Gasteiger partial charge on any atom is -0.309 e. The zero-order valence-electron chi connectivity index (χ0n) is 11.8. The van der Waals surface area contributed by atoms with E-state index in [0.29, 0.717) is 21.5 Å². The zero-order chi connectivity index (χ0) is 13.9. The van der Waals surface area contributed by atoms with E-state index < -0.39 is 0 Å². The molecule has 0 aromatic heterocycles. The van der Waals surface area contributed by atoms with Gasteiger partial charge in [-0.05, 0) is 48.9 Å². The maximum atomic E-state index is 6.18. The maximum absolute atomic E-state index is 6.18. The first kappa shape index (κ1) is 15.2. The summed E-state index contributed by atoms with van der Waals surface area (Å²) in [7, 11) is 0. The molecule has 3 heteroatoms. The van der Waals surface area contributed by atoms with Crippen molar-refractivity contribution in [2.75, 3.05) is 6.54 Å². The first-order valence-corrected chi connectivity index (χ1v) is 8.01. The third-order valence-electron chi connectivity index (χ3n) is 4.32. The minimum absolute atomic E-state index is 0.340. The largest absolute Gasteiger partial charge is 0.309 e. The highest BCUT2D eigenvalue weighted by molar-refractivity contribution is 6.42. The molecule has 2 rings (SSSR count). The van der Waals surface area contributed by atoms with Gasteiger partial charge in [-0.1, -0.05) is 56.0 Å². The Morgan fingerprint density at radius 2 is 1.89 bits per heavy atom. The van der Waals surface area contributed by atoms with Crippen LogP contribution >= 0.6 is 23.2 Å². The van der Waals surface area contributed by atoms with Crippen molar-refractivity contribution in [3.05, 3.63) is 33.8 Å². The molecule has 1 N–H and O–H groups in total. The third-order valence-corrected chi connectivity index (χ3v) is 5.06. The summed E-state index contributed by atoms with van der Waals surface area (Å²) < 4.78 is 0. The molecule has 0 bridgehead atoms. The highest BCUT2D eigenvalue weighted by Crippen LogP contribution is 2.47. The van der Waals surface area contributed by atoms with E-state index in [0.717, 1.165) is 13.0 Å². The van der Waals surface area contributed by atoms with Crippen molar-refractivity contribution >= 4 is 23.2 Å². The fourth-order valence-electron chi connectivity index (χ4n) is 3.22. The van der Waals surface area contributed by atoms with Gasteiger partial charge in [-0.3, -0.25) is 0 Å². The van der Waals surface area contributed by atoms with Crippen LogP contribution in [-0.2, 0) is 0 Å². The van der Waals surface area contributed by atoms with Crippen LogP contribution < -0.4 is 5.32 Å². The van der Waals surface area contributed by atoms with Crippen LogP contribution in [0.2, 0.25) is 10.0 Å². The van der Waals surface area contributed by atoms with Gasteiger partial charge in [0.2, 0.25) is 0 Å². The van der Waals surface area contributed by atoms with Gasteiger partial charge in [0, 0.05) is 6.04 Å². The molecule has 1 atom stereocenters. The van der Waals surface area contributed by atoms with Crippen LogP contribution in [0.1, 0.15) is 57.6 Å². The average molecular weight is 300 g/mol. The van der Waals surface area contributed by atoms with E-state index in [9.17, 15) is 0 Å². The summed E-state index contributed by atoms with van der Waals surface area (Å²) >= 11 is 12.2. The predicted molar refractivity (Wildman–Crippen MR) is 84.1 cm³/mol. The lowest BCUT2D eigenvalue weighted by Crippen LogP contribution is -2.35. The van der Waals surface area contributed by atoms with Gasteiger partial charge in [-0.15, -0.1) is 0 Å². The van der Waals surface area contributed by atoms with E-state index in [1.54, 1.807) is 0 Å². The monoisotopic (exact) mass is 299 g/mol. The summed E-state index contributed by atoms with van der Waals surface area (Å²) in [6, 6.07) is 6.44. The van der Waals surface area contributed by atoms with Crippen LogP contribution in [0.4, 0.5) is 0 Å². The van der Waals surface area contributed by atoms with E-state index >= 15 is 0 Å². The molecule has 1 saturated carbocycles. The van der Waals surface area contributed by atoms with Crippen molar-refractivity contribution < 1.29 is 0 Å². The van der Waals surface area contributed by atoms with E-state index in [-0.39, 0.29) is 0 Å². The van der Waals surface area contributed by atoms with Crippen molar-refractivity contribution in [2.45, 2.75) is 52.0 Å². The molecular weight excluding hydrogens is 277 g/mol. The summed E-state index contributed by atoms with van der Waals surface area (Å²) in [5, 5.41) is 5.01. The topological polar surface area (TPSA) is 12.0 Å². The number of nitrogens with one attached hydrogen (secondary N) is 1. The van der Waals surface area contributed by atoms with E-state index in [4.69, 9.17) is 23.2 Å². The number of hydrogen-bond acceptors (Lipinski definition) is 1. The molecular formula is C16H23Cl2N. The third kappa shape index (κ3) is 3.45. The van der Waals surface area contributed by atoms with Crippen LogP contribution in [0.25, 0.3) is 0 Å². The zero-order valence-corrected chi connectivity index (χ0v) is 13.3. The van der Waals surface area contributed by atoms with Crippen LogP contribution in [-0.4, -0.2) is 6.54 Å². The molecule has 106 valence electrons. The lowest BCUT2D eigenvalue weighted by atomic mass is 9.77. The van der Waals surface area contributed by atoms with Crippen LogP contribution in [0.5, 0.6) is 0 Å². The van der Waals surface area contributed by atoms with E-state index in [2.05, 4.69) is 25.2 Å². The lowest BCUT2D eigenvalue weighted by Gasteiger charge is -2.35. The fourth-order valence-corrected chi connectivity index (χ4v) is 3.53. The standard InChI is InChI=1S/C16H23Cl2N/c1-3-10-19-15(16(2)8-4-5-9-16)12-6-7-13(17)14(18)11-12/h6-7,11,15,19H,3-5,8-10H2,1-2H3. The van der Waals surface area contributed by atoms with Crippen LogP contribution in [0.15, 0.2) is 18.2 Å². The van der Waals surface area contributed by atoms with Gasteiger partial charge in [-0.2, -0.15) is 0 Å². The Hall–Kier alpha value is -0.240. The molecule has 19 heavy (non-hydrogen) atoms. The molecule has 1 aliphatic carbocycles. The van der Waals surface area contributed by atoms with Crippen molar-refractivity contribution in [3.8, 4) is 0 Å². The number of hydrogen-bond donors (Lipinski definition) is 1. The molecule has 1 aromatic carbocycles. The molecule has 0 amide bonds. The van der Waals surface area contributed by atoms with Crippen molar-refractivity contribution in [1.29, 1.82) is 0 Å². The van der Waals surface area contributed by atoms with Crippen LogP contribution in [0, 0.1) is 5.41 Å². The normalized spacial score (nSPS) is 19.6. The Morgan fingerprint density at radius 3 is 2.47 bits per heavy atom. The lowest BCUT2D eigenvalue weighted by molar-refractivity contribution is 0.223. The van der Waals surface area contributed by atoms with Gasteiger partial charge in [0.1, 0.15) is 0 Å². The van der Waals surface area contributed by atoms with Gasteiger partial charge < -0.3 is 5.32 Å². The van der Waals surface area contributed by atoms with E-state index in [1.807, 2.05) is 12.1 Å². The second-order valence-electron chi connectivity index (χ2n) is 5.92. The van der Waals surface area contributed by atoms with Gasteiger partial charge in [-0.25, -0.2) is 0 Å². The highest BCUT2D eigenvalue weighted by atomic mass is 35.5. The fraction of sp³-hybridized carbons (Fsp3) is 0.625. The van der Waals surface area contributed by atoms with Gasteiger partial charge in [0.05, 0.1) is 10.0 Å². The Balaban J connectivity index is 2.28. The first-order valence-electron chi connectivity index (χ1n) is 7.25. The molecule has 0 heterocycles. The summed E-state index contributed by atoms with van der Waals surface area (Å²) in [6.07, 6.45) is 6.39. The molecule has 0 saturated heterocycles. The summed E-state index contributed by atoms with van der Waals surface area (Å²) in [6.45, 7) is 5.65. The number of halogens is 2. The molecule has 0 radical (unpaired) electrons. The smallest absolute Gasteiger partial charge is 0.0595 e. The Labute approximate surface area is 126 Å². The molecule has 1 nitrogen and oxygen atoms in total. The van der Waals surface area contributed by atoms with E-state index in [1.165, 1.54) is 31.2 Å². The first-order chi connectivity index (χ1) is 9.07. The predicted octanol–water partition coefficient (Wildman–Crippen LogP) is 5.61. The molecule has 1 aromatic rings. The molecule has 0 spiro atoms. The minimum atomic E-state index is 0.340. The second-order valence-corrected chi connectivity index (χ2v) is 6.74. The average Bonchev–Trinajstić information content (AvgIpc) is 2.82. The summed E-state index contributed by atoms with van der Waals surface area (Å²) in [5.41, 5.74) is 1.61. The van der Waals surface area contributed by atoms with Gasteiger partial charge in [0.25, 0.3) is 0 Å². The SMILES string of the molecule is CCCNC(c1ccc(Cl)c(Cl)c1)C1(C)CCCC1. The highest BCUT2D eigenvalue weighted by Gasteiger charge is 2.37. The van der Waals surface area contributed by atoms with Crippen molar-refractivity contribution in [1.82, 2.24) is 5.32 Å². The summed E-state index contributed by atoms with van der Waals surface area (Å²) in [4.78, 5) is 0. The van der Waals surface area contributed by atoms with Crippen molar-refractivity contribution in [3.63, 3.8) is 0 Å².